The van der Waals surface area contributed by atoms with E-state index in [1.54, 1.807) is 0 Å². The highest BCUT2D eigenvalue weighted by atomic mass is 16.5. The first kappa shape index (κ1) is 15.2. The Kier molecular flexibility index (Phi) is 4.57. The molecule has 1 saturated carbocycles. The summed E-state index contributed by atoms with van der Waals surface area (Å²) in [7, 11) is 1.45. The molecule has 3 rings (SSSR count). The van der Waals surface area contributed by atoms with Gasteiger partial charge in [-0.1, -0.05) is 30.3 Å². The van der Waals surface area contributed by atoms with Crippen LogP contribution in [0.5, 0.6) is 0 Å². The summed E-state index contributed by atoms with van der Waals surface area (Å²) >= 11 is 0. The zero-order chi connectivity index (χ0) is 15.5. The van der Waals surface area contributed by atoms with Crippen LogP contribution in [0.4, 0.5) is 0 Å². The largest absolute Gasteiger partial charge is 0.468 e. The molecule has 1 aliphatic carbocycles. The van der Waals surface area contributed by atoms with E-state index < -0.39 is 0 Å². The van der Waals surface area contributed by atoms with Crippen LogP contribution in [0, 0.1) is 11.8 Å². The maximum atomic E-state index is 12.2. The second-order valence-electron chi connectivity index (χ2n) is 6.49. The van der Waals surface area contributed by atoms with E-state index in [-0.39, 0.29) is 12.0 Å². The quantitative estimate of drug-likeness (QED) is 0.804. The van der Waals surface area contributed by atoms with Crippen LogP contribution < -0.4 is 0 Å². The van der Waals surface area contributed by atoms with Gasteiger partial charge in [0.25, 0.3) is 0 Å². The molecular formula is C18H23NO3. The van der Waals surface area contributed by atoms with Gasteiger partial charge < -0.3 is 4.74 Å². The highest BCUT2D eigenvalue weighted by Gasteiger charge is 2.41. The van der Waals surface area contributed by atoms with Crippen molar-refractivity contribution >= 4 is 11.8 Å². The topological polar surface area (TPSA) is 46.6 Å². The summed E-state index contributed by atoms with van der Waals surface area (Å²) in [6.07, 6.45) is 3.04. The van der Waals surface area contributed by atoms with E-state index in [1.165, 1.54) is 12.7 Å². The van der Waals surface area contributed by atoms with Crippen LogP contribution in [0.25, 0.3) is 0 Å². The fourth-order valence-electron chi connectivity index (χ4n) is 3.90. The van der Waals surface area contributed by atoms with Gasteiger partial charge in [0.05, 0.1) is 7.11 Å². The van der Waals surface area contributed by atoms with Crippen molar-refractivity contribution in [2.24, 2.45) is 11.8 Å². The number of carbonyl (C=O) groups excluding carboxylic acids is 2. The standard InChI is InChI=1S/C18H23NO3/c1-22-18(21)17-10-15-9-16(20)8-7-14(15)12-19(17)11-13-5-3-2-4-6-13/h2-6,14-15,17H,7-12H2,1H3. The number of ketones is 1. The second-order valence-corrected chi connectivity index (χ2v) is 6.49. The van der Waals surface area contributed by atoms with E-state index in [4.69, 9.17) is 4.74 Å². The van der Waals surface area contributed by atoms with E-state index in [2.05, 4.69) is 17.0 Å². The average molecular weight is 301 g/mol. The van der Waals surface area contributed by atoms with Crippen LogP contribution in [-0.2, 0) is 20.9 Å². The van der Waals surface area contributed by atoms with Crippen molar-refractivity contribution in [2.45, 2.75) is 38.3 Å². The maximum absolute atomic E-state index is 12.2. The summed E-state index contributed by atoms with van der Waals surface area (Å²) in [5.74, 6) is 1.05. The Labute approximate surface area is 131 Å². The van der Waals surface area contributed by atoms with Gasteiger partial charge in [-0.25, -0.2) is 0 Å². The van der Waals surface area contributed by atoms with Gasteiger partial charge in [0, 0.05) is 25.9 Å². The minimum Gasteiger partial charge on any atom is -0.468 e. The molecule has 0 radical (unpaired) electrons. The minimum atomic E-state index is -0.225. The van der Waals surface area contributed by atoms with E-state index >= 15 is 0 Å². The third-order valence-corrected chi connectivity index (χ3v) is 5.09. The summed E-state index contributed by atoms with van der Waals surface area (Å²) in [6, 6.07) is 10.00. The fraction of sp³-hybridized carbons (Fsp3) is 0.556. The van der Waals surface area contributed by atoms with E-state index in [9.17, 15) is 9.59 Å². The molecule has 0 bridgehead atoms. The third kappa shape index (κ3) is 3.22. The molecule has 1 saturated heterocycles. The van der Waals surface area contributed by atoms with Crippen LogP contribution in [0.1, 0.15) is 31.2 Å². The number of esters is 1. The van der Waals surface area contributed by atoms with Gasteiger partial charge in [-0.05, 0) is 30.2 Å². The molecule has 118 valence electrons. The molecule has 3 unspecified atom stereocenters. The monoisotopic (exact) mass is 301 g/mol. The van der Waals surface area contributed by atoms with E-state index in [1.807, 2.05) is 18.2 Å². The molecule has 1 aromatic rings. The Morgan fingerprint density at radius 2 is 2.05 bits per heavy atom. The summed E-state index contributed by atoms with van der Waals surface area (Å²) in [4.78, 5) is 26.1. The molecule has 0 spiro atoms. The zero-order valence-corrected chi connectivity index (χ0v) is 13.0. The van der Waals surface area contributed by atoms with Crippen molar-refractivity contribution in [1.82, 2.24) is 4.90 Å². The van der Waals surface area contributed by atoms with Crippen LogP contribution in [-0.4, -0.2) is 36.3 Å². The SMILES string of the molecule is COC(=O)C1CC2CC(=O)CCC2CN1Cc1ccccc1. The minimum absolute atomic E-state index is 0.174. The van der Waals surface area contributed by atoms with Crippen molar-refractivity contribution in [3.05, 3.63) is 35.9 Å². The molecule has 1 aromatic carbocycles. The molecule has 0 amide bonds. The lowest BCUT2D eigenvalue weighted by molar-refractivity contribution is -0.152. The average Bonchev–Trinajstić information content (AvgIpc) is 2.54. The number of hydrogen-bond acceptors (Lipinski definition) is 4. The van der Waals surface area contributed by atoms with Gasteiger partial charge in [0.15, 0.2) is 0 Å². The van der Waals surface area contributed by atoms with Gasteiger partial charge in [-0.15, -0.1) is 0 Å². The van der Waals surface area contributed by atoms with Crippen molar-refractivity contribution in [3.8, 4) is 0 Å². The highest BCUT2D eigenvalue weighted by Crippen LogP contribution is 2.38. The number of methoxy groups -OCH3 is 1. The number of rotatable bonds is 3. The van der Waals surface area contributed by atoms with Crippen molar-refractivity contribution in [2.75, 3.05) is 13.7 Å². The molecular weight excluding hydrogens is 278 g/mol. The molecule has 2 fully saturated rings. The molecule has 4 heteroatoms. The molecule has 1 aliphatic heterocycles. The summed E-state index contributed by atoms with van der Waals surface area (Å²) < 4.78 is 5.00. The summed E-state index contributed by atoms with van der Waals surface area (Å²) in [5, 5.41) is 0. The number of piperidine rings is 1. The number of fused-ring (bicyclic) bond motifs is 1. The first-order chi connectivity index (χ1) is 10.7. The molecule has 2 aliphatic rings. The first-order valence-electron chi connectivity index (χ1n) is 8.05. The van der Waals surface area contributed by atoms with Gasteiger partial charge in [-0.3, -0.25) is 14.5 Å². The molecule has 1 heterocycles. The Morgan fingerprint density at radius 1 is 1.27 bits per heavy atom. The molecule has 0 aromatic heterocycles. The molecule has 4 nitrogen and oxygen atoms in total. The maximum Gasteiger partial charge on any atom is 0.323 e. The summed E-state index contributed by atoms with van der Waals surface area (Å²) in [5.41, 5.74) is 1.21. The lowest BCUT2D eigenvalue weighted by Crippen LogP contribution is -2.52. The van der Waals surface area contributed by atoms with Crippen molar-refractivity contribution < 1.29 is 14.3 Å². The van der Waals surface area contributed by atoms with Crippen molar-refractivity contribution in [3.63, 3.8) is 0 Å². The van der Waals surface area contributed by atoms with E-state index in [0.717, 1.165) is 25.9 Å². The number of nitrogens with zero attached hydrogens (tertiary/aromatic N) is 1. The predicted molar refractivity (Wildman–Crippen MR) is 83.1 cm³/mol. The normalized spacial score (nSPS) is 29.0. The smallest absolute Gasteiger partial charge is 0.323 e. The predicted octanol–water partition coefficient (Wildman–Crippen LogP) is 2.42. The second kappa shape index (κ2) is 6.61. The first-order valence-corrected chi connectivity index (χ1v) is 8.05. The molecule has 0 N–H and O–H groups in total. The van der Waals surface area contributed by atoms with Gasteiger partial charge in [0.2, 0.25) is 0 Å². The molecule has 3 atom stereocenters. The number of hydrogen-bond donors (Lipinski definition) is 0. The van der Waals surface area contributed by atoms with Crippen LogP contribution >= 0.6 is 0 Å². The number of Topliss-reactive ketones (excluding diaryl/α,β-unsaturated/α-hetero) is 1. The van der Waals surface area contributed by atoms with Gasteiger partial charge >= 0.3 is 5.97 Å². The zero-order valence-electron chi connectivity index (χ0n) is 13.0. The van der Waals surface area contributed by atoms with Gasteiger partial charge in [0.1, 0.15) is 11.8 Å². The lowest BCUT2D eigenvalue weighted by atomic mass is 9.72. The van der Waals surface area contributed by atoms with Gasteiger partial charge in [-0.2, -0.15) is 0 Å². The van der Waals surface area contributed by atoms with Crippen molar-refractivity contribution in [1.29, 1.82) is 0 Å². The van der Waals surface area contributed by atoms with Crippen LogP contribution in [0.2, 0.25) is 0 Å². The highest BCUT2D eigenvalue weighted by molar-refractivity contribution is 5.80. The Morgan fingerprint density at radius 3 is 2.77 bits per heavy atom. The lowest BCUT2D eigenvalue weighted by Gasteiger charge is -2.44. The Hall–Kier alpha value is -1.68. The number of carbonyl (C=O) groups is 2. The van der Waals surface area contributed by atoms with Crippen LogP contribution in [0.3, 0.4) is 0 Å². The fourth-order valence-corrected chi connectivity index (χ4v) is 3.90. The van der Waals surface area contributed by atoms with Crippen LogP contribution in [0.15, 0.2) is 30.3 Å². The third-order valence-electron chi connectivity index (χ3n) is 5.09. The summed E-state index contributed by atoms with van der Waals surface area (Å²) in [6.45, 7) is 1.64. The van der Waals surface area contributed by atoms with E-state index in [0.29, 0.717) is 30.5 Å². The number of likely N-dealkylation sites (tertiary alicyclic amines) is 1. The number of ether oxygens (including phenoxy) is 1. The molecule has 22 heavy (non-hydrogen) atoms. The number of benzene rings is 1. The Bertz CT molecular complexity index is 543. The Balaban J connectivity index is 1.77.